The fraction of sp³-hybridized carbons (Fsp3) is 0.375. The van der Waals surface area contributed by atoms with Crippen molar-refractivity contribution in [2.75, 3.05) is 36.4 Å². The molecular formula is C24H28N4O4S. The highest BCUT2D eigenvalue weighted by molar-refractivity contribution is 7.17. The Kier molecular flexibility index (Phi) is 6.80. The molecule has 0 radical (unpaired) electrons. The molecule has 0 saturated carbocycles. The number of rotatable bonds is 6. The van der Waals surface area contributed by atoms with Crippen LogP contribution in [-0.4, -0.2) is 48.6 Å². The summed E-state index contributed by atoms with van der Waals surface area (Å²) in [4.78, 5) is 32.1. The largest absolute Gasteiger partial charge is 0.464 e. The molecule has 3 aromatic rings. The first-order valence-electron chi connectivity index (χ1n) is 10.9. The average molecular weight is 469 g/mol. The highest BCUT2D eigenvalue weighted by Crippen LogP contribution is 2.29. The molecule has 0 bridgehead atoms. The van der Waals surface area contributed by atoms with E-state index in [-0.39, 0.29) is 12.2 Å². The van der Waals surface area contributed by atoms with Gasteiger partial charge in [0.05, 0.1) is 12.5 Å². The van der Waals surface area contributed by atoms with Gasteiger partial charge in [-0.25, -0.2) is 9.78 Å². The second kappa shape index (κ2) is 9.76. The maximum atomic E-state index is 13.1. The van der Waals surface area contributed by atoms with Crippen molar-refractivity contribution in [3.63, 3.8) is 0 Å². The van der Waals surface area contributed by atoms with E-state index < -0.39 is 11.7 Å². The van der Waals surface area contributed by atoms with Crippen molar-refractivity contribution in [2.24, 2.45) is 0 Å². The number of anilines is 2. The number of ether oxygens (including phenoxy) is 1. The number of carbonyl (C=O) groups excluding carboxylic acids is 2. The highest BCUT2D eigenvalue weighted by Gasteiger charge is 2.21. The number of nitrogens with one attached hydrogen (secondary N) is 2. The average Bonchev–Trinajstić information content (AvgIpc) is 3.47. The van der Waals surface area contributed by atoms with Gasteiger partial charge in [-0.2, -0.15) is 0 Å². The minimum absolute atomic E-state index is 0.0915. The number of carbonyl (C=O) groups is 2. The fourth-order valence-electron chi connectivity index (χ4n) is 3.55. The molecule has 2 aromatic heterocycles. The molecule has 0 unspecified atom stereocenters. The van der Waals surface area contributed by atoms with Gasteiger partial charge in [-0.15, -0.1) is 0 Å². The molecular weight excluding hydrogens is 440 g/mol. The van der Waals surface area contributed by atoms with Gasteiger partial charge in [0.25, 0.3) is 0 Å². The van der Waals surface area contributed by atoms with Gasteiger partial charge in [-0.1, -0.05) is 11.3 Å². The molecule has 33 heavy (non-hydrogen) atoms. The van der Waals surface area contributed by atoms with Crippen LogP contribution in [-0.2, 0) is 11.2 Å². The van der Waals surface area contributed by atoms with Crippen LogP contribution in [0.15, 0.2) is 47.2 Å². The lowest BCUT2D eigenvalue weighted by Crippen LogP contribution is -2.43. The number of amides is 1. The number of hydrogen-bond donors (Lipinski definition) is 2. The van der Waals surface area contributed by atoms with Crippen LogP contribution in [0.5, 0.6) is 0 Å². The van der Waals surface area contributed by atoms with E-state index >= 15 is 0 Å². The third-order valence-corrected chi connectivity index (χ3v) is 6.16. The number of ketones is 1. The summed E-state index contributed by atoms with van der Waals surface area (Å²) in [6.07, 6.45) is 2.88. The Morgan fingerprint density at radius 3 is 2.73 bits per heavy atom. The van der Waals surface area contributed by atoms with E-state index in [9.17, 15) is 9.59 Å². The molecule has 1 aromatic carbocycles. The van der Waals surface area contributed by atoms with E-state index in [4.69, 9.17) is 9.15 Å². The lowest BCUT2D eigenvalue weighted by Gasteiger charge is -2.27. The third-order valence-electron chi connectivity index (χ3n) is 5.06. The Hall–Kier alpha value is -3.17. The molecule has 0 spiro atoms. The summed E-state index contributed by atoms with van der Waals surface area (Å²) in [6, 6.07) is 9.11. The molecule has 1 amide bonds. The van der Waals surface area contributed by atoms with Crippen molar-refractivity contribution in [2.45, 2.75) is 32.8 Å². The van der Waals surface area contributed by atoms with Gasteiger partial charge >= 0.3 is 6.09 Å². The smallest absolute Gasteiger partial charge is 0.412 e. The van der Waals surface area contributed by atoms with Crippen LogP contribution in [0.2, 0.25) is 0 Å². The van der Waals surface area contributed by atoms with Crippen LogP contribution < -0.4 is 15.5 Å². The quantitative estimate of drug-likeness (QED) is 0.511. The van der Waals surface area contributed by atoms with Crippen LogP contribution in [0.4, 0.5) is 15.5 Å². The molecule has 174 valence electrons. The summed E-state index contributed by atoms with van der Waals surface area (Å²) in [5, 5.41) is 7.55. The second-order valence-electron chi connectivity index (χ2n) is 8.82. The molecule has 2 N–H and O–H groups in total. The number of piperazine rings is 1. The summed E-state index contributed by atoms with van der Waals surface area (Å²) in [5.41, 5.74) is 1.37. The summed E-state index contributed by atoms with van der Waals surface area (Å²) in [5.74, 6) is 0.577. The van der Waals surface area contributed by atoms with E-state index in [0.29, 0.717) is 22.0 Å². The molecule has 0 aliphatic carbocycles. The molecule has 1 fully saturated rings. The number of furan rings is 1. The first kappa shape index (κ1) is 23.0. The summed E-state index contributed by atoms with van der Waals surface area (Å²) in [6.45, 7) is 9.03. The van der Waals surface area contributed by atoms with Crippen LogP contribution >= 0.6 is 11.3 Å². The van der Waals surface area contributed by atoms with Crippen molar-refractivity contribution >= 4 is 33.9 Å². The summed E-state index contributed by atoms with van der Waals surface area (Å²) >= 11 is 1.40. The summed E-state index contributed by atoms with van der Waals surface area (Å²) in [7, 11) is 0. The van der Waals surface area contributed by atoms with Crippen LogP contribution in [0.1, 0.15) is 36.1 Å². The van der Waals surface area contributed by atoms with Gasteiger partial charge in [-0.05, 0) is 56.7 Å². The summed E-state index contributed by atoms with van der Waals surface area (Å²) < 4.78 is 10.9. The van der Waals surface area contributed by atoms with Crippen molar-refractivity contribution in [1.29, 1.82) is 0 Å². The molecule has 1 saturated heterocycles. The Morgan fingerprint density at radius 2 is 2.03 bits per heavy atom. The first-order valence-corrected chi connectivity index (χ1v) is 11.7. The maximum absolute atomic E-state index is 13.1. The Morgan fingerprint density at radius 1 is 1.24 bits per heavy atom. The standard InChI is InChI=1S/C24H28N4O4S/c1-24(2,3)32-23(30)27-18-7-6-16(20-5-4-12-31-20)13-17(18)14-19(29)22-26-15-21(33-22)28-10-8-25-9-11-28/h4-7,12-13,15,25H,8-11,14H2,1-3H3,(H,27,30). The minimum Gasteiger partial charge on any atom is -0.464 e. The number of aromatic nitrogens is 1. The zero-order valence-corrected chi connectivity index (χ0v) is 19.8. The predicted molar refractivity (Wildman–Crippen MR) is 129 cm³/mol. The second-order valence-corrected chi connectivity index (χ2v) is 9.83. The fourth-order valence-corrected chi connectivity index (χ4v) is 4.45. The molecule has 9 heteroatoms. The number of thiazole rings is 1. The monoisotopic (exact) mass is 468 g/mol. The Labute approximate surface area is 197 Å². The lowest BCUT2D eigenvalue weighted by atomic mass is 10.0. The van der Waals surface area contributed by atoms with Gasteiger partial charge < -0.3 is 19.4 Å². The van der Waals surface area contributed by atoms with E-state index in [1.54, 1.807) is 45.4 Å². The predicted octanol–water partition coefficient (Wildman–Crippen LogP) is 4.59. The van der Waals surface area contributed by atoms with E-state index in [1.165, 1.54) is 11.3 Å². The van der Waals surface area contributed by atoms with Crippen molar-refractivity contribution in [3.8, 4) is 11.3 Å². The molecule has 1 aliphatic rings. The normalized spacial score (nSPS) is 14.2. The van der Waals surface area contributed by atoms with Crippen LogP contribution in [0.25, 0.3) is 11.3 Å². The first-order chi connectivity index (χ1) is 15.8. The number of benzene rings is 1. The zero-order chi connectivity index (χ0) is 23.4. The minimum atomic E-state index is -0.630. The van der Waals surface area contributed by atoms with Gasteiger partial charge in [0.1, 0.15) is 16.4 Å². The van der Waals surface area contributed by atoms with Gasteiger partial charge in [0.15, 0.2) is 10.8 Å². The van der Waals surface area contributed by atoms with Crippen LogP contribution in [0.3, 0.4) is 0 Å². The molecule has 3 heterocycles. The lowest BCUT2D eigenvalue weighted by molar-refractivity contribution is 0.0635. The number of Topliss-reactive ketones (excluding diaryl/α,β-unsaturated/α-hetero) is 1. The molecule has 4 rings (SSSR count). The Bertz CT molecular complexity index is 1110. The molecule has 1 aliphatic heterocycles. The zero-order valence-electron chi connectivity index (χ0n) is 19.0. The van der Waals surface area contributed by atoms with Gasteiger partial charge in [0.2, 0.25) is 0 Å². The molecule has 8 nitrogen and oxygen atoms in total. The van der Waals surface area contributed by atoms with Crippen molar-refractivity contribution in [1.82, 2.24) is 10.3 Å². The van der Waals surface area contributed by atoms with E-state index in [0.717, 1.165) is 36.7 Å². The highest BCUT2D eigenvalue weighted by atomic mass is 32.1. The van der Waals surface area contributed by atoms with E-state index in [1.807, 2.05) is 18.2 Å². The SMILES string of the molecule is CC(C)(C)OC(=O)Nc1ccc(-c2ccco2)cc1CC(=O)c1ncc(N2CCNCC2)s1. The topological polar surface area (TPSA) is 96.7 Å². The number of nitrogens with zero attached hydrogens (tertiary/aromatic N) is 2. The number of hydrogen-bond acceptors (Lipinski definition) is 8. The van der Waals surface area contributed by atoms with Crippen molar-refractivity contribution in [3.05, 3.63) is 53.4 Å². The van der Waals surface area contributed by atoms with Gasteiger partial charge in [-0.3, -0.25) is 10.1 Å². The van der Waals surface area contributed by atoms with Crippen LogP contribution in [0, 0.1) is 0 Å². The molecule has 0 atom stereocenters. The Balaban J connectivity index is 1.56. The maximum Gasteiger partial charge on any atom is 0.412 e. The third kappa shape index (κ3) is 6.00. The van der Waals surface area contributed by atoms with Gasteiger partial charge in [0, 0.05) is 43.9 Å². The van der Waals surface area contributed by atoms with E-state index in [2.05, 4.69) is 20.5 Å². The van der Waals surface area contributed by atoms with Crippen molar-refractivity contribution < 1.29 is 18.7 Å².